The molecular formula is C17H25ClFN. The molecule has 1 aromatic rings. The van der Waals surface area contributed by atoms with Crippen molar-refractivity contribution in [1.82, 2.24) is 5.32 Å². The zero-order valence-corrected chi connectivity index (χ0v) is 13.1. The molecule has 1 nitrogen and oxygen atoms in total. The minimum atomic E-state index is -0.183. The minimum Gasteiger partial charge on any atom is -0.310 e. The number of benzene rings is 1. The van der Waals surface area contributed by atoms with E-state index in [2.05, 4.69) is 12.2 Å². The maximum Gasteiger partial charge on any atom is 0.129 e. The average molecular weight is 298 g/mol. The first-order chi connectivity index (χ1) is 9.70. The van der Waals surface area contributed by atoms with Gasteiger partial charge in [0.05, 0.1) is 0 Å². The van der Waals surface area contributed by atoms with Crippen LogP contribution in [0.2, 0.25) is 5.02 Å². The van der Waals surface area contributed by atoms with Gasteiger partial charge in [-0.1, -0.05) is 63.1 Å². The SMILES string of the molecule is CCNC(CC1CCCCCC1)c1ccc(Cl)cc1F. The smallest absolute Gasteiger partial charge is 0.129 e. The van der Waals surface area contributed by atoms with Gasteiger partial charge in [-0.3, -0.25) is 0 Å². The third-order valence-electron chi connectivity index (χ3n) is 4.33. The summed E-state index contributed by atoms with van der Waals surface area (Å²) in [6, 6.07) is 5.16. The van der Waals surface area contributed by atoms with Gasteiger partial charge in [0.15, 0.2) is 0 Å². The number of nitrogens with one attached hydrogen (secondary N) is 1. The highest BCUT2D eigenvalue weighted by Crippen LogP contribution is 2.32. The van der Waals surface area contributed by atoms with Crippen LogP contribution in [-0.2, 0) is 0 Å². The molecule has 3 heteroatoms. The molecule has 112 valence electrons. The van der Waals surface area contributed by atoms with Crippen LogP contribution in [0.15, 0.2) is 18.2 Å². The van der Waals surface area contributed by atoms with Crippen LogP contribution in [-0.4, -0.2) is 6.54 Å². The third kappa shape index (κ3) is 4.46. The van der Waals surface area contributed by atoms with E-state index >= 15 is 0 Å². The third-order valence-corrected chi connectivity index (χ3v) is 4.57. The van der Waals surface area contributed by atoms with Gasteiger partial charge in [0.2, 0.25) is 0 Å². The molecule has 1 saturated carbocycles. The van der Waals surface area contributed by atoms with Crippen molar-refractivity contribution in [3.8, 4) is 0 Å². The summed E-state index contributed by atoms with van der Waals surface area (Å²) in [5.41, 5.74) is 0.764. The first-order valence-corrected chi connectivity index (χ1v) is 8.26. The maximum atomic E-state index is 14.1. The first kappa shape index (κ1) is 15.8. The predicted octanol–water partition coefficient (Wildman–Crippen LogP) is 5.49. The Morgan fingerprint density at radius 2 is 1.95 bits per heavy atom. The van der Waals surface area contributed by atoms with Gasteiger partial charge < -0.3 is 5.32 Å². The van der Waals surface area contributed by atoms with Gasteiger partial charge in [0.1, 0.15) is 5.82 Å². The van der Waals surface area contributed by atoms with E-state index in [1.165, 1.54) is 44.6 Å². The Bertz CT molecular complexity index is 413. The summed E-state index contributed by atoms with van der Waals surface area (Å²) in [6.07, 6.45) is 8.98. The largest absolute Gasteiger partial charge is 0.310 e. The topological polar surface area (TPSA) is 12.0 Å². The van der Waals surface area contributed by atoms with Crippen molar-refractivity contribution in [1.29, 1.82) is 0 Å². The highest BCUT2D eigenvalue weighted by Gasteiger charge is 2.21. The standard InChI is InChI=1S/C17H25ClFN/c1-2-20-17(11-13-7-5-3-4-6-8-13)15-10-9-14(18)12-16(15)19/h9-10,12-13,17,20H,2-8,11H2,1H3. The molecule has 1 fully saturated rings. The molecule has 0 spiro atoms. The van der Waals surface area contributed by atoms with E-state index in [0.717, 1.165) is 24.4 Å². The summed E-state index contributed by atoms with van der Waals surface area (Å²) in [5.74, 6) is 0.536. The van der Waals surface area contributed by atoms with E-state index in [9.17, 15) is 4.39 Å². The Balaban J connectivity index is 2.08. The summed E-state index contributed by atoms with van der Waals surface area (Å²) in [5, 5.41) is 3.91. The molecule has 2 rings (SSSR count). The van der Waals surface area contributed by atoms with E-state index in [-0.39, 0.29) is 11.9 Å². The zero-order valence-electron chi connectivity index (χ0n) is 12.3. The van der Waals surface area contributed by atoms with Crippen molar-refractivity contribution in [2.75, 3.05) is 6.54 Å². The van der Waals surface area contributed by atoms with E-state index in [1.807, 2.05) is 6.07 Å². The number of hydrogen-bond acceptors (Lipinski definition) is 1. The lowest BCUT2D eigenvalue weighted by Gasteiger charge is -2.24. The summed E-state index contributed by atoms with van der Waals surface area (Å²) in [4.78, 5) is 0. The van der Waals surface area contributed by atoms with Gasteiger partial charge in [-0.15, -0.1) is 0 Å². The Hall–Kier alpha value is -0.600. The van der Waals surface area contributed by atoms with Crippen molar-refractivity contribution in [3.05, 3.63) is 34.6 Å². The fraction of sp³-hybridized carbons (Fsp3) is 0.647. The van der Waals surface area contributed by atoms with Crippen LogP contribution >= 0.6 is 11.6 Å². The number of hydrogen-bond donors (Lipinski definition) is 1. The van der Waals surface area contributed by atoms with E-state index in [1.54, 1.807) is 6.07 Å². The lowest BCUT2D eigenvalue weighted by molar-refractivity contribution is 0.353. The zero-order chi connectivity index (χ0) is 14.4. The monoisotopic (exact) mass is 297 g/mol. The Morgan fingerprint density at radius 1 is 1.25 bits per heavy atom. The normalized spacial score (nSPS) is 18.8. The lowest BCUT2D eigenvalue weighted by atomic mass is 9.89. The quantitative estimate of drug-likeness (QED) is 0.709. The van der Waals surface area contributed by atoms with Crippen molar-refractivity contribution in [3.63, 3.8) is 0 Å². The molecule has 1 atom stereocenters. The van der Waals surface area contributed by atoms with Crippen LogP contribution in [0.1, 0.15) is 63.5 Å². The predicted molar refractivity (Wildman–Crippen MR) is 83.6 cm³/mol. The molecule has 0 amide bonds. The minimum absolute atomic E-state index is 0.111. The molecular weight excluding hydrogens is 273 g/mol. The Kier molecular flexibility index (Phi) is 6.31. The summed E-state index contributed by atoms with van der Waals surface area (Å²) < 4.78 is 14.1. The number of rotatable bonds is 5. The van der Waals surface area contributed by atoms with Gasteiger partial charge in [0.25, 0.3) is 0 Å². The average Bonchev–Trinajstić information content (AvgIpc) is 2.67. The maximum absolute atomic E-state index is 14.1. The second kappa shape index (κ2) is 7.99. The highest BCUT2D eigenvalue weighted by molar-refractivity contribution is 6.30. The van der Waals surface area contributed by atoms with Crippen molar-refractivity contribution in [2.45, 2.75) is 57.9 Å². The van der Waals surface area contributed by atoms with Crippen LogP contribution < -0.4 is 5.32 Å². The lowest BCUT2D eigenvalue weighted by Crippen LogP contribution is -2.24. The van der Waals surface area contributed by atoms with Crippen molar-refractivity contribution in [2.24, 2.45) is 5.92 Å². The molecule has 0 radical (unpaired) electrons. The molecule has 0 saturated heterocycles. The molecule has 0 heterocycles. The second-order valence-corrected chi connectivity index (χ2v) is 6.31. The molecule has 1 aliphatic carbocycles. The van der Waals surface area contributed by atoms with Gasteiger partial charge in [-0.05, 0) is 31.0 Å². The van der Waals surface area contributed by atoms with Gasteiger partial charge >= 0.3 is 0 Å². The summed E-state index contributed by atoms with van der Waals surface area (Å²) in [7, 11) is 0. The van der Waals surface area contributed by atoms with Crippen LogP contribution in [0, 0.1) is 11.7 Å². The van der Waals surface area contributed by atoms with E-state index in [4.69, 9.17) is 11.6 Å². The van der Waals surface area contributed by atoms with Crippen molar-refractivity contribution < 1.29 is 4.39 Å². The molecule has 1 aromatic carbocycles. The van der Waals surface area contributed by atoms with Crippen molar-refractivity contribution >= 4 is 11.6 Å². The molecule has 0 aliphatic heterocycles. The molecule has 1 aliphatic rings. The molecule has 1 N–H and O–H groups in total. The molecule has 20 heavy (non-hydrogen) atoms. The fourth-order valence-electron chi connectivity index (χ4n) is 3.28. The molecule has 0 bridgehead atoms. The van der Waals surface area contributed by atoms with Crippen LogP contribution in [0.5, 0.6) is 0 Å². The van der Waals surface area contributed by atoms with Crippen LogP contribution in [0.4, 0.5) is 4.39 Å². The van der Waals surface area contributed by atoms with E-state index in [0.29, 0.717) is 5.02 Å². The van der Waals surface area contributed by atoms with Gasteiger partial charge in [-0.2, -0.15) is 0 Å². The molecule has 1 unspecified atom stereocenters. The van der Waals surface area contributed by atoms with Gasteiger partial charge in [-0.25, -0.2) is 4.39 Å². The van der Waals surface area contributed by atoms with Crippen LogP contribution in [0.3, 0.4) is 0 Å². The number of halogens is 2. The highest BCUT2D eigenvalue weighted by atomic mass is 35.5. The summed E-state index contributed by atoms with van der Waals surface area (Å²) >= 11 is 5.85. The summed E-state index contributed by atoms with van der Waals surface area (Å²) in [6.45, 7) is 2.94. The molecule has 0 aromatic heterocycles. The first-order valence-electron chi connectivity index (χ1n) is 7.89. The Labute approximate surface area is 126 Å². The fourth-order valence-corrected chi connectivity index (χ4v) is 3.44. The second-order valence-electron chi connectivity index (χ2n) is 5.87. The Morgan fingerprint density at radius 3 is 2.55 bits per heavy atom. The van der Waals surface area contributed by atoms with E-state index < -0.39 is 0 Å². The van der Waals surface area contributed by atoms with Gasteiger partial charge in [0, 0.05) is 16.6 Å². The van der Waals surface area contributed by atoms with Crippen LogP contribution in [0.25, 0.3) is 0 Å².